The van der Waals surface area contributed by atoms with Crippen LogP contribution in [0, 0.1) is 11.6 Å². The zero-order chi connectivity index (χ0) is 25.4. The number of rotatable bonds is 5. The number of hydrogen-bond acceptors (Lipinski definition) is 6. The van der Waals surface area contributed by atoms with Gasteiger partial charge in [-0.15, -0.1) is 5.10 Å². The molecule has 0 bridgehead atoms. The van der Waals surface area contributed by atoms with Crippen molar-refractivity contribution in [2.45, 2.75) is 25.6 Å². The van der Waals surface area contributed by atoms with Crippen molar-refractivity contribution < 1.29 is 26.7 Å². The molecular weight excluding hydrogens is 485 g/mol. The van der Waals surface area contributed by atoms with Gasteiger partial charge in [0.15, 0.2) is 17.3 Å². The van der Waals surface area contributed by atoms with Crippen LogP contribution in [0.3, 0.4) is 0 Å². The summed E-state index contributed by atoms with van der Waals surface area (Å²) < 4.78 is 74.4. The third kappa shape index (κ3) is 4.55. The van der Waals surface area contributed by atoms with E-state index < -0.39 is 23.5 Å². The van der Waals surface area contributed by atoms with Crippen LogP contribution in [0.4, 0.5) is 45.2 Å². The lowest BCUT2D eigenvalue weighted by Crippen LogP contribution is -2.20. The largest absolute Gasteiger partial charge is 0.494 e. The Bertz CT molecular complexity index is 1400. The number of nitrogens with zero attached hydrogens (tertiary/aromatic N) is 6. The average Bonchev–Trinajstić information content (AvgIpc) is 3.44. The van der Waals surface area contributed by atoms with E-state index in [4.69, 9.17) is 4.74 Å². The van der Waals surface area contributed by atoms with Crippen LogP contribution in [0.25, 0.3) is 5.69 Å². The molecule has 1 N–H and O–H groups in total. The minimum absolute atomic E-state index is 0.260. The van der Waals surface area contributed by atoms with Gasteiger partial charge in [0.2, 0.25) is 11.9 Å². The molecule has 3 heterocycles. The number of imidazole rings is 1. The number of hydrogen-bond donors (Lipinski definition) is 1. The maximum atomic E-state index is 13.9. The highest BCUT2D eigenvalue weighted by Crippen LogP contribution is 2.33. The number of anilines is 4. The smallest absolute Gasteiger partial charge is 0.434 e. The van der Waals surface area contributed by atoms with Crippen LogP contribution in [0.15, 0.2) is 48.9 Å². The van der Waals surface area contributed by atoms with E-state index in [1.807, 2.05) is 0 Å². The molecular formula is C23H20F5N7O. The fourth-order valence-electron chi connectivity index (χ4n) is 3.96. The lowest BCUT2D eigenvalue weighted by Gasteiger charge is -2.21. The summed E-state index contributed by atoms with van der Waals surface area (Å²) in [7, 11) is 1.40. The SMILES string of the molecule is COc1cc(Nc2nc3n(n2)CCCCN3c2ccc(F)c(F)c2)ccc1-n1cnc(C(F)(F)F)c1. The molecule has 4 aromatic rings. The molecule has 5 rings (SSSR count). The molecule has 0 unspecified atom stereocenters. The third-order valence-electron chi connectivity index (χ3n) is 5.70. The molecule has 36 heavy (non-hydrogen) atoms. The van der Waals surface area contributed by atoms with Gasteiger partial charge in [-0.25, -0.2) is 18.4 Å². The fraction of sp³-hybridized carbons (Fsp3) is 0.261. The Morgan fingerprint density at radius 1 is 1.00 bits per heavy atom. The van der Waals surface area contributed by atoms with Crippen LogP contribution in [-0.4, -0.2) is 38.0 Å². The van der Waals surface area contributed by atoms with Gasteiger partial charge in [0.25, 0.3) is 0 Å². The van der Waals surface area contributed by atoms with E-state index in [0.717, 1.165) is 37.5 Å². The highest BCUT2D eigenvalue weighted by atomic mass is 19.4. The van der Waals surface area contributed by atoms with E-state index in [-0.39, 0.29) is 5.95 Å². The summed E-state index contributed by atoms with van der Waals surface area (Å²) in [6, 6.07) is 8.50. The van der Waals surface area contributed by atoms with Crippen LogP contribution in [0.1, 0.15) is 18.5 Å². The van der Waals surface area contributed by atoms with Crippen LogP contribution in [0.2, 0.25) is 0 Å². The Morgan fingerprint density at radius 2 is 1.81 bits per heavy atom. The van der Waals surface area contributed by atoms with Gasteiger partial charge in [-0.05, 0) is 37.1 Å². The molecule has 0 radical (unpaired) electrons. The van der Waals surface area contributed by atoms with Gasteiger partial charge < -0.3 is 19.5 Å². The molecule has 0 amide bonds. The zero-order valence-electron chi connectivity index (χ0n) is 18.9. The Balaban J connectivity index is 1.42. The molecule has 0 spiro atoms. The molecule has 1 aliphatic rings. The zero-order valence-corrected chi connectivity index (χ0v) is 18.9. The van der Waals surface area contributed by atoms with Crippen molar-refractivity contribution in [1.29, 1.82) is 0 Å². The van der Waals surface area contributed by atoms with Gasteiger partial charge in [-0.1, -0.05) is 0 Å². The van der Waals surface area contributed by atoms with E-state index in [9.17, 15) is 22.0 Å². The van der Waals surface area contributed by atoms with Gasteiger partial charge in [0.05, 0.1) is 19.1 Å². The summed E-state index contributed by atoms with van der Waals surface area (Å²) in [4.78, 5) is 9.74. The lowest BCUT2D eigenvalue weighted by atomic mass is 10.2. The summed E-state index contributed by atoms with van der Waals surface area (Å²) in [5.74, 6) is -0.844. The molecule has 0 saturated heterocycles. The van der Waals surface area contributed by atoms with Crippen molar-refractivity contribution >= 4 is 23.3 Å². The monoisotopic (exact) mass is 505 g/mol. The molecule has 1 aliphatic heterocycles. The second-order valence-corrected chi connectivity index (χ2v) is 8.09. The van der Waals surface area contributed by atoms with Gasteiger partial charge in [-0.2, -0.15) is 18.2 Å². The Morgan fingerprint density at radius 3 is 2.53 bits per heavy atom. The van der Waals surface area contributed by atoms with Crippen molar-refractivity contribution in [2.24, 2.45) is 0 Å². The first kappa shape index (κ1) is 23.6. The number of methoxy groups -OCH3 is 1. The summed E-state index contributed by atoms with van der Waals surface area (Å²) in [5.41, 5.74) is 0.345. The maximum Gasteiger partial charge on any atom is 0.434 e. The van der Waals surface area contributed by atoms with E-state index in [0.29, 0.717) is 41.8 Å². The Hall–Kier alpha value is -4.16. The number of benzene rings is 2. The molecule has 0 saturated carbocycles. The Kier molecular flexibility index (Phi) is 5.98. The predicted molar refractivity (Wildman–Crippen MR) is 121 cm³/mol. The topological polar surface area (TPSA) is 73.0 Å². The van der Waals surface area contributed by atoms with Gasteiger partial charge in [0, 0.05) is 42.8 Å². The van der Waals surface area contributed by atoms with Crippen LogP contribution in [0.5, 0.6) is 5.75 Å². The lowest BCUT2D eigenvalue weighted by molar-refractivity contribution is -0.140. The average molecular weight is 505 g/mol. The summed E-state index contributed by atoms with van der Waals surface area (Å²) in [6.45, 7) is 1.14. The van der Waals surface area contributed by atoms with Gasteiger partial charge >= 0.3 is 6.18 Å². The van der Waals surface area contributed by atoms with Crippen molar-refractivity contribution in [3.63, 3.8) is 0 Å². The summed E-state index contributed by atoms with van der Waals surface area (Å²) >= 11 is 0. The summed E-state index contributed by atoms with van der Waals surface area (Å²) in [5, 5.41) is 7.56. The molecule has 8 nitrogen and oxygen atoms in total. The first-order valence-corrected chi connectivity index (χ1v) is 11.0. The number of aryl methyl sites for hydroxylation is 1. The van der Waals surface area contributed by atoms with Crippen molar-refractivity contribution in [3.8, 4) is 11.4 Å². The number of fused-ring (bicyclic) bond motifs is 1. The molecule has 13 heteroatoms. The van der Waals surface area contributed by atoms with E-state index in [1.165, 1.54) is 17.7 Å². The van der Waals surface area contributed by atoms with Gasteiger partial charge in [0.1, 0.15) is 5.75 Å². The first-order valence-electron chi connectivity index (χ1n) is 11.0. The minimum atomic E-state index is -4.56. The predicted octanol–water partition coefficient (Wildman–Crippen LogP) is 5.44. The number of aromatic nitrogens is 5. The normalized spacial score (nSPS) is 13.9. The van der Waals surface area contributed by atoms with Gasteiger partial charge in [-0.3, -0.25) is 0 Å². The third-order valence-corrected chi connectivity index (χ3v) is 5.70. The van der Waals surface area contributed by atoms with Crippen molar-refractivity contribution in [1.82, 2.24) is 24.3 Å². The highest BCUT2D eigenvalue weighted by Gasteiger charge is 2.33. The second-order valence-electron chi connectivity index (χ2n) is 8.09. The minimum Gasteiger partial charge on any atom is -0.494 e. The summed E-state index contributed by atoms with van der Waals surface area (Å²) in [6.07, 6.45) is -0.974. The highest BCUT2D eigenvalue weighted by molar-refractivity contribution is 5.64. The molecule has 2 aromatic heterocycles. The number of ether oxygens (including phenoxy) is 1. The van der Waals surface area contributed by atoms with Crippen LogP contribution in [-0.2, 0) is 12.7 Å². The molecule has 0 fully saturated rings. The molecule has 2 aromatic carbocycles. The standard InChI is InChI=1S/C23H20F5N7O/c1-36-19-10-14(4-7-18(19)33-12-20(29-13-33)23(26,27)28)30-21-31-22-34(8-2-3-9-35(22)32-21)15-5-6-16(24)17(25)11-15/h4-7,10-13H,2-3,8-9H2,1H3,(H,30,32). The van der Waals surface area contributed by atoms with E-state index in [1.54, 1.807) is 27.8 Å². The number of alkyl halides is 3. The van der Waals surface area contributed by atoms with Crippen molar-refractivity contribution in [2.75, 3.05) is 23.9 Å². The second kappa shape index (κ2) is 9.13. The molecule has 0 atom stereocenters. The fourth-order valence-corrected chi connectivity index (χ4v) is 3.96. The van der Waals surface area contributed by atoms with E-state index >= 15 is 0 Å². The van der Waals surface area contributed by atoms with Crippen molar-refractivity contribution in [3.05, 3.63) is 66.3 Å². The number of halogens is 5. The van der Waals surface area contributed by atoms with Crippen LogP contribution >= 0.6 is 0 Å². The number of nitrogens with one attached hydrogen (secondary N) is 1. The quantitative estimate of drug-likeness (QED) is 0.364. The molecule has 188 valence electrons. The van der Waals surface area contributed by atoms with E-state index in [2.05, 4.69) is 20.4 Å². The molecule has 0 aliphatic carbocycles. The Labute approximate surface area is 202 Å². The maximum absolute atomic E-state index is 13.9. The van der Waals surface area contributed by atoms with Crippen LogP contribution < -0.4 is 15.0 Å². The first-order chi connectivity index (χ1) is 17.2.